The van der Waals surface area contributed by atoms with E-state index in [1.165, 1.54) is 0 Å². The maximum atomic E-state index is 11.8. The zero-order valence-corrected chi connectivity index (χ0v) is 9.86. The van der Waals surface area contributed by atoms with Crippen molar-refractivity contribution in [3.05, 3.63) is 12.3 Å². The molecule has 0 aliphatic rings. The van der Waals surface area contributed by atoms with Crippen LogP contribution >= 0.6 is 0 Å². The smallest absolute Gasteiger partial charge is 0.454 e. The molecule has 6 nitrogen and oxygen atoms in total. The summed E-state index contributed by atoms with van der Waals surface area (Å²) in [6, 6.07) is -1.30. The summed E-state index contributed by atoms with van der Waals surface area (Å²) < 4.78 is 39.8. The number of carboxylic acids is 1. The first kappa shape index (κ1) is 16.9. The average molecular weight is 283 g/mol. The summed E-state index contributed by atoms with van der Waals surface area (Å²) in [6.07, 6.45) is -4.66. The van der Waals surface area contributed by atoms with Crippen molar-refractivity contribution in [1.29, 1.82) is 0 Å². The van der Waals surface area contributed by atoms with Gasteiger partial charge in [0.25, 0.3) is 5.78 Å². The minimum atomic E-state index is -5.01. The lowest BCUT2D eigenvalue weighted by Crippen LogP contribution is -2.34. The lowest BCUT2D eigenvalue weighted by molar-refractivity contribution is -0.165. The van der Waals surface area contributed by atoms with E-state index in [2.05, 4.69) is 10.1 Å². The Morgan fingerprint density at radius 3 is 2.37 bits per heavy atom. The largest absolute Gasteiger partial charge is 0.480 e. The predicted octanol–water partition coefficient (Wildman–Crippen LogP) is 0.627. The topological polar surface area (TPSA) is 92.7 Å². The fraction of sp³-hybridized carbons (Fsp3) is 0.500. The van der Waals surface area contributed by atoms with E-state index in [0.717, 1.165) is 7.11 Å². The van der Waals surface area contributed by atoms with Crippen molar-refractivity contribution in [1.82, 2.24) is 5.32 Å². The molecule has 0 radical (unpaired) electrons. The van der Waals surface area contributed by atoms with Gasteiger partial charge in [0, 0.05) is 18.7 Å². The van der Waals surface area contributed by atoms with Crippen molar-refractivity contribution in [2.24, 2.45) is 0 Å². The molecule has 108 valence electrons. The van der Waals surface area contributed by atoms with Crippen LogP contribution in [0.25, 0.3) is 0 Å². The maximum absolute atomic E-state index is 11.8. The standard InChI is InChI=1S/C10H12F3NO5/c1-19-8(16)3-2-6(9(17)18)14-5-4-7(15)10(11,12)13/h4-6,14H,2-3H2,1H3,(H,17,18)/b5-4-. The van der Waals surface area contributed by atoms with E-state index in [4.69, 9.17) is 5.11 Å². The SMILES string of the molecule is COC(=O)CCC(N/C=C\C(=O)C(F)(F)F)C(=O)O. The fourth-order valence-corrected chi connectivity index (χ4v) is 0.977. The first-order valence-corrected chi connectivity index (χ1v) is 5.02. The van der Waals surface area contributed by atoms with Crippen molar-refractivity contribution in [3.8, 4) is 0 Å². The first-order valence-electron chi connectivity index (χ1n) is 5.02. The Balaban J connectivity index is 4.37. The number of aliphatic carboxylic acids is 1. The Morgan fingerprint density at radius 1 is 1.37 bits per heavy atom. The second-order valence-electron chi connectivity index (χ2n) is 3.37. The van der Waals surface area contributed by atoms with Crippen LogP contribution in [0.2, 0.25) is 0 Å². The molecule has 0 saturated heterocycles. The molecule has 2 N–H and O–H groups in total. The van der Waals surface area contributed by atoms with Gasteiger partial charge in [-0.3, -0.25) is 9.59 Å². The molecule has 0 aromatic carbocycles. The van der Waals surface area contributed by atoms with E-state index in [1.54, 1.807) is 0 Å². The molecule has 0 bridgehead atoms. The minimum Gasteiger partial charge on any atom is -0.480 e. The second-order valence-corrected chi connectivity index (χ2v) is 3.37. The predicted molar refractivity (Wildman–Crippen MR) is 56.0 cm³/mol. The van der Waals surface area contributed by atoms with Gasteiger partial charge in [-0.1, -0.05) is 0 Å². The Kier molecular flexibility index (Phi) is 6.59. The highest BCUT2D eigenvalue weighted by molar-refractivity contribution is 5.94. The summed E-state index contributed by atoms with van der Waals surface area (Å²) in [7, 11) is 1.12. The van der Waals surface area contributed by atoms with E-state index in [9.17, 15) is 27.6 Å². The number of hydrogen-bond donors (Lipinski definition) is 2. The molecule has 1 atom stereocenters. The van der Waals surface area contributed by atoms with Gasteiger partial charge < -0.3 is 15.2 Å². The van der Waals surface area contributed by atoms with Crippen LogP contribution < -0.4 is 5.32 Å². The van der Waals surface area contributed by atoms with Crippen LogP contribution in [-0.2, 0) is 19.1 Å². The Labute approximate surface area is 106 Å². The lowest BCUT2D eigenvalue weighted by Gasteiger charge is -2.11. The first-order chi connectivity index (χ1) is 8.68. The van der Waals surface area contributed by atoms with Crippen LogP contribution in [0.3, 0.4) is 0 Å². The van der Waals surface area contributed by atoms with Gasteiger partial charge in [0.15, 0.2) is 0 Å². The third-order valence-electron chi connectivity index (χ3n) is 1.97. The van der Waals surface area contributed by atoms with E-state index in [1.807, 2.05) is 0 Å². The summed E-state index contributed by atoms with van der Waals surface area (Å²) in [5.74, 6) is -4.13. The lowest BCUT2D eigenvalue weighted by atomic mass is 10.1. The van der Waals surface area contributed by atoms with Crippen LogP contribution in [0.5, 0.6) is 0 Å². The molecular weight excluding hydrogens is 271 g/mol. The molecule has 0 heterocycles. The van der Waals surface area contributed by atoms with Gasteiger partial charge in [-0.05, 0) is 6.42 Å². The van der Waals surface area contributed by atoms with Gasteiger partial charge in [-0.15, -0.1) is 0 Å². The normalized spacial score (nSPS) is 13.1. The van der Waals surface area contributed by atoms with Crippen molar-refractivity contribution in [2.75, 3.05) is 7.11 Å². The summed E-state index contributed by atoms with van der Waals surface area (Å²) in [6.45, 7) is 0. The molecule has 1 unspecified atom stereocenters. The number of allylic oxidation sites excluding steroid dienone is 1. The highest BCUT2D eigenvalue weighted by Crippen LogP contribution is 2.16. The van der Waals surface area contributed by atoms with Crippen molar-refractivity contribution in [3.63, 3.8) is 0 Å². The zero-order chi connectivity index (χ0) is 15.1. The number of methoxy groups -OCH3 is 1. The molecule has 0 rings (SSSR count). The molecule has 0 aliphatic heterocycles. The molecule has 19 heavy (non-hydrogen) atoms. The number of carboxylic acid groups (broad SMARTS) is 1. The number of halogens is 3. The highest BCUT2D eigenvalue weighted by Gasteiger charge is 2.36. The molecule has 0 aromatic rings. The summed E-state index contributed by atoms with van der Waals surface area (Å²) >= 11 is 0. The fourth-order valence-electron chi connectivity index (χ4n) is 0.977. The molecule has 0 fully saturated rings. The van der Waals surface area contributed by atoms with E-state index in [-0.39, 0.29) is 18.9 Å². The van der Waals surface area contributed by atoms with Crippen LogP contribution in [0.1, 0.15) is 12.8 Å². The van der Waals surface area contributed by atoms with Gasteiger partial charge in [-0.2, -0.15) is 13.2 Å². The molecule has 0 spiro atoms. The molecule has 0 amide bonds. The van der Waals surface area contributed by atoms with Crippen molar-refractivity contribution in [2.45, 2.75) is 25.1 Å². The number of ether oxygens (including phenoxy) is 1. The van der Waals surface area contributed by atoms with Gasteiger partial charge >= 0.3 is 18.1 Å². The third-order valence-corrected chi connectivity index (χ3v) is 1.97. The second kappa shape index (κ2) is 7.39. The number of ketones is 1. The Bertz CT molecular complexity index is 378. The zero-order valence-electron chi connectivity index (χ0n) is 9.86. The number of carbonyl (C=O) groups is 3. The van der Waals surface area contributed by atoms with Gasteiger partial charge in [0.05, 0.1) is 7.11 Å². The van der Waals surface area contributed by atoms with Crippen LogP contribution in [0.4, 0.5) is 13.2 Å². The molecule has 0 saturated carbocycles. The number of hydrogen-bond acceptors (Lipinski definition) is 5. The quantitative estimate of drug-likeness (QED) is 0.526. The van der Waals surface area contributed by atoms with Crippen LogP contribution in [0.15, 0.2) is 12.3 Å². The van der Waals surface area contributed by atoms with Crippen molar-refractivity contribution >= 4 is 17.7 Å². The number of esters is 1. The van der Waals surface area contributed by atoms with Gasteiger partial charge in [-0.25, -0.2) is 4.79 Å². The number of nitrogens with one attached hydrogen (secondary N) is 1. The Hall–Kier alpha value is -2.06. The summed E-state index contributed by atoms with van der Waals surface area (Å²) in [4.78, 5) is 32.0. The maximum Gasteiger partial charge on any atom is 0.454 e. The average Bonchev–Trinajstić information content (AvgIpc) is 2.30. The number of rotatable bonds is 7. The Morgan fingerprint density at radius 2 is 1.95 bits per heavy atom. The van der Waals surface area contributed by atoms with Gasteiger partial charge in [0.2, 0.25) is 0 Å². The highest BCUT2D eigenvalue weighted by atomic mass is 19.4. The van der Waals surface area contributed by atoms with Gasteiger partial charge in [0.1, 0.15) is 6.04 Å². The van der Waals surface area contributed by atoms with Crippen molar-refractivity contribution < 1.29 is 37.4 Å². The monoisotopic (exact) mass is 283 g/mol. The van der Waals surface area contributed by atoms with E-state index >= 15 is 0 Å². The van der Waals surface area contributed by atoms with E-state index < -0.39 is 29.9 Å². The van der Waals surface area contributed by atoms with E-state index in [0.29, 0.717) is 6.20 Å². The summed E-state index contributed by atoms with van der Waals surface area (Å²) in [5, 5.41) is 10.8. The number of carbonyl (C=O) groups excluding carboxylic acids is 2. The molecule has 9 heteroatoms. The molecule has 0 aliphatic carbocycles. The molecular formula is C10H12F3NO5. The minimum absolute atomic E-state index is 0.175. The van der Waals surface area contributed by atoms with Crippen LogP contribution in [0, 0.1) is 0 Å². The van der Waals surface area contributed by atoms with Crippen LogP contribution in [-0.4, -0.2) is 42.2 Å². The third kappa shape index (κ3) is 7.06. The molecule has 0 aromatic heterocycles. The number of alkyl halides is 3. The summed E-state index contributed by atoms with van der Waals surface area (Å²) in [5.41, 5.74) is 0.